The number of carbonyl (C=O) groups excluding carboxylic acids is 1. The number of nitrogens with zero attached hydrogens (tertiary/aromatic N) is 1. The lowest BCUT2D eigenvalue weighted by Crippen LogP contribution is -2.23. The second-order valence-corrected chi connectivity index (χ2v) is 3.80. The van der Waals surface area contributed by atoms with E-state index in [1.54, 1.807) is 0 Å². The molecule has 5 nitrogen and oxygen atoms in total. The van der Waals surface area contributed by atoms with Gasteiger partial charge in [0, 0.05) is 6.20 Å². The van der Waals surface area contributed by atoms with Gasteiger partial charge in [0.25, 0.3) is 5.88 Å². The van der Waals surface area contributed by atoms with Crippen LogP contribution in [0.15, 0.2) is 6.20 Å². The first-order valence-electron chi connectivity index (χ1n) is 5.45. The SMILES string of the molecule is COC(=O)Cc1cnc(OC)c(OC(F)(F)F)c1C(F)(F)F. The Morgan fingerprint density at radius 1 is 1.18 bits per heavy atom. The normalized spacial score (nSPS) is 12.0. The van der Waals surface area contributed by atoms with Crippen molar-refractivity contribution in [2.75, 3.05) is 14.2 Å². The molecule has 0 spiro atoms. The van der Waals surface area contributed by atoms with Gasteiger partial charge in [-0.05, 0) is 5.56 Å². The second kappa shape index (κ2) is 6.28. The van der Waals surface area contributed by atoms with Crippen LogP contribution >= 0.6 is 0 Å². The number of alkyl halides is 6. The summed E-state index contributed by atoms with van der Waals surface area (Å²) in [7, 11) is 1.74. The molecule has 124 valence electrons. The molecule has 1 heterocycles. The minimum atomic E-state index is -5.40. The predicted octanol–water partition coefficient (Wildman–Crippen LogP) is 2.72. The van der Waals surface area contributed by atoms with Crippen molar-refractivity contribution in [3.8, 4) is 11.6 Å². The topological polar surface area (TPSA) is 57.7 Å². The molecule has 0 aromatic carbocycles. The van der Waals surface area contributed by atoms with Crippen LogP contribution in [-0.2, 0) is 22.1 Å². The molecule has 0 aliphatic heterocycles. The van der Waals surface area contributed by atoms with Gasteiger partial charge in [-0.15, -0.1) is 13.2 Å². The zero-order valence-electron chi connectivity index (χ0n) is 11.1. The maximum atomic E-state index is 13.1. The van der Waals surface area contributed by atoms with E-state index in [0.717, 1.165) is 14.2 Å². The Morgan fingerprint density at radius 2 is 1.77 bits per heavy atom. The largest absolute Gasteiger partial charge is 0.573 e. The maximum absolute atomic E-state index is 13.1. The van der Waals surface area contributed by atoms with E-state index in [-0.39, 0.29) is 0 Å². The molecular weight excluding hydrogens is 324 g/mol. The highest BCUT2D eigenvalue weighted by atomic mass is 19.4. The van der Waals surface area contributed by atoms with Crippen molar-refractivity contribution in [2.45, 2.75) is 19.0 Å². The molecule has 0 amide bonds. The summed E-state index contributed by atoms with van der Waals surface area (Å²) >= 11 is 0. The number of methoxy groups -OCH3 is 2. The fourth-order valence-electron chi connectivity index (χ4n) is 1.54. The molecule has 0 saturated heterocycles. The van der Waals surface area contributed by atoms with Gasteiger partial charge >= 0.3 is 18.5 Å². The van der Waals surface area contributed by atoms with Crippen LogP contribution < -0.4 is 9.47 Å². The van der Waals surface area contributed by atoms with Crippen LogP contribution in [-0.4, -0.2) is 31.5 Å². The second-order valence-electron chi connectivity index (χ2n) is 3.80. The van der Waals surface area contributed by atoms with Crippen LogP contribution in [0.2, 0.25) is 0 Å². The number of hydrogen-bond acceptors (Lipinski definition) is 5. The molecule has 0 aliphatic rings. The molecule has 1 aromatic heterocycles. The first kappa shape index (κ1) is 17.9. The van der Waals surface area contributed by atoms with Crippen molar-refractivity contribution < 1.29 is 45.3 Å². The molecule has 0 fully saturated rings. The lowest BCUT2D eigenvalue weighted by molar-refractivity contribution is -0.276. The first-order chi connectivity index (χ1) is 9.99. The van der Waals surface area contributed by atoms with Crippen LogP contribution in [0, 0.1) is 0 Å². The smallest absolute Gasteiger partial charge is 0.478 e. The number of hydrogen-bond donors (Lipinski definition) is 0. The van der Waals surface area contributed by atoms with Crippen LogP contribution in [0.25, 0.3) is 0 Å². The maximum Gasteiger partial charge on any atom is 0.573 e. The van der Waals surface area contributed by atoms with Gasteiger partial charge in [-0.1, -0.05) is 0 Å². The number of rotatable bonds is 4. The highest BCUT2D eigenvalue weighted by Crippen LogP contribution is 2.44. The number of esters is 1. The molecule has 0 atom stereocenters. The van der Waals surface area contributed by atoms with Crippen molar-refractivity contribution in [3.63, 3.8) is 0 Å². The lowest BCUT2D eigenvalue weighted by atomic mass is 10.1. The molecule has 0 bridgehead atoms. The van der Waals surface area contributed by atoms with Gasteiger partial charge in [-0.25, -0.2) is 4.98 Å². The fourth-order valence-corrected chi connectivity index (χ4v) is 1.54. The van der Waals surface area contributed by atoms with E-state index in [0.29, 0.717) is 6.20 Å². The molecule has 1 rings (SSSR count). The third kappa shape index (κ3) is 4.40. The van der Waals surface area contributed by atoms with Gasteiger partial charge in [0.05, 0.1) is 20.6 Å². The van der Waals surface area contributed by atoms with Crippen molar-refractivity contribution in [3.05, 3.63) is 17.3 Å². The molecule has 0 unspecified atom stereocenters. The predicted molar refractivity (Wildman–Crippen MR) is 58.2 cm³/mol. The van der Waals surface area contributed by atoms with E-state index < -0.39 is 47.7 Å². The van der Waals surface area contributed by atoms with Gasteiger partial charge in [-0.2, -0.15) is 13.2 Å². The average Bonchev–Trinajstić information content (AvgIpc) is 2.35. The van der Waals surface area contributed by atoms with Crippen molar-refractivity contribution >= 4 is 5.97 Å². The number of carbonyl (C=O) groups is 1. The van der Waals surface area contributed by atoms with E-state index in [1.807, 2.05) is 0 Å². The highest BCUT2D eigenvalue weighted by molar-refractivity contribution is 5.73. The van der Waals surface area contributed by atoms with Crippen molar-refractivity contribution in [2.24, 2.45) is 0 Å². The Hall–Kier alpha value is -2.20. The summed E-state index contributed by atoms with van der Waals surface area (Å²) in [4.78, 5) is 14.4. The summed E-state index contributed by atoms with van der Waals surface area (Å²) in [6.45, 7) is 0. The quantitative estimate of drug-likeness (QED) is 0.626. The van der Waals surface area contributed by atoms with Crippen molar-refractivity contribution in [1.82, 2.24) is 4.98 Å². The van der Waals surface area contributed by atoms with Crippen molar-refractivity contribution in [1.29, 1.82) is 0 Å². The van der Waals surface area contributed by atoms with Crippen LogP contribution in [0.4, 0.5) is 26.3 Å². The summed E-state index contributed by atoms with van der Waals surface area (Å²) < 4.78 is 88.1. The lowest BCUT2D eigenvalue weighted by Gasteiger charge is -2.19. The Kier molecular flexibility index (Phi) is 5.09. The van der Waals surface area contributed by atoms with E-state index in [1.165, 1.54) is 0 Å². The first-order valence-corrected chi connectivity index (χ1v) is 5.45. The average molecular weight is 333 g/mol. The number of halogens is 6. The van der Waals surface area contributed by atoms with E-state index in [2.05, 4.69) is 19.2 Å². The van der Waals surface area contributed by atoms with Gasteiger partial charge < -0.3 is 14.2 Å². The zero-order valence-corrected chi connectivity index (χ0v) is 11.1. The Morgan fingerprint density at radius 3 is 2.18 bits per heavy atom. The zero-order chi connectivity index (χ0) is 17.1. The molecule has 0 aliphatic carbocycles. The van der Waals surface area contributed by atoms with Gasteiger partial charge in [0.2, 0.25) is 5.75 Å². The fraction of sp³-hybridized carbons (Fsp3) is 0.455. The highest BCUT2D eigenvalue weighted by Gasteiger charge is 2.44. The third-order valence-electron chi connectivity index (χ3n) is 2.34. The molecule has 22 heavy (non-hydrogen) atoms. The summed E-state index contributed by atoms with van der Waals surface area (Å²) in [6, 6.07) is 0. The number of ether oxygens (including phenoxy) is 3. The minimum absolute atomic E-state index is 0.571. The summed E-state index contributed by atoms with van der Waals surface area (Å²) in [5.41, 5.74) is -2.64. The van der Waals surface area contributed by atoms with Crippen LogP contribution in [0.1, 0.15) is 11.1 Å². The molecular formula is C11H9F6NO4. The van der Waals surface area contributed by atoms with E-state index in [9.17, 15) is 31.1 Å². The minimum Gasteiger partial charge on any atom is -0.478 e. The summed E-state index contributed by atoms with van der Waals surface area (Å²) in [6.07, 6.45) is -11.0. The standard InChI is InChI=1S/C11H9F6NO4/c1-20-6(19)3-5-4-18-9(21-2)8(22-11(15,16)17)7(5)10(12,13)14/h4H,3H2,1-2H3. The Bertz CT molecular complexity index is 555. The van der Waals surface area contributed by atoms with Gasteiger partial charge in [0.15, 0.2) is 0 Å². The Labute approximate surface area is 119 Å². The number of aromatic nitrogens is 1. The molecule has 0 radical (unpaired) electrons. The summed E-state index contributed by atoms with van der Waals surface area (Å²) in [5.74, 6) is -3.77. The molecule has 0 N–H and O–H groups in total. The van der Waals surface area contributed by atoms with Crippen LogP contribution in [0.5, 0.6) is 11.6 Å². The molecule has 0 saturated carbocycles. The van der Waals surface area contributed by atoms with E-state index >= 15 is 0 Å². The Balaban J connectivity index is 3.54. The van der Waals surface area contributed by atoms with Gasteiger partial charge in [0.1, 0.15) is 5.56 Å². The van der Waals surface area contributed by atoms with E-state index in [4.69, 9.17) is 0 Å². The summed E-state index contributed by atoms with van der Waals surface area (Å²) in [5, 5.41) is 0. The third-order valence-corrected chi connectivity index (χ3v) is 2.34. The van der Waals surface area contributed by atoms with Crippen LogP contribution in [0.3, 0.4) is 0 Å². The molecule has 11 heteroatoms. The molecule has 1 aromatic rings. The van der Waals surface area contributed by atoms with Gasteiger partial charge in [-0.3, -0.25) is 4.79 Å². The monoisotopic (exact) mass is 333 g/mol. The number of pyridine rings is 1.